The number of carbonyl (C=O) groups excluding carboxylic acids is 2. The summed E-state index contributed by atoms with van der Waals surface area (Å²) in [6, 6.07) is 26.5. The Morgan fingerprint density at radius 1 is 0.844 bits per heavy atom. The normalized spacial score (nSPS) is 12.3. The van der Waals surface area contributed by atoms with Crippen molar-refractivity contribution in [2.45, 2.75) is 57.1 Å². The van der Waals surface area contributed by atoms with Crippen LogP contribution >= 0.6 is 11.6 Å². The van der Waals surface area contributed by atoms with Crippen molar-refractivity contribution in [1.29, 1.82) is 0 Å². The highest BCUT2D eigenvalue weighted by atomic mass is 35.5. The monoisotopic (exact) mass is 649 g/mol. The highest BCUT2D eigenvalue weighted by molar-refractivity contribution is 7.92. The predicted molar refractivity (Wildman–Crippen MR) is 176 cm³/mol. The average Bonchev–Trinajstić information content (AvgIpc) is 2.99. The van der Waals surface area contributed by atoms with Crippen LogP contribution in [0.3, 0.4) is 0 Å². The molecular formula is C35H37ClFN3O4S. The number of amides is 2. The van der Waals surface area contributed by atoms with Gasteiger partial charge in [-0.1, -0.05) is 83.9 Å². The minimum Gasteiger partial charge on any atom is -0.350 e. The van der Waals surface area contributed by atoms with Gasteiger partial charge in [-0.2, -0.15) is 0 Å². The molecule has 4 rings (SSSR count). The minimum atomic E-state index is -4.41. The molecule has 7 nitrogen and oxygen atoms in total. The Balaban J connectivity index is 1.82. The summed E-state index contributed by atoms with van der Waals surface area (Å²) in [6.45, 7) is 6.55. The molecule has 0 fully saturated rings. The number of para-hydroxylation sites is 1. The highest BCUT2D eigenvalue weighted by Gasteiger charge is 2.36. The number of benzene rings is 4. The van der Waals surface area contributed by atoms with Crippen LogP contribution in [0.25, 0.3) is 0 Å². The first-order valence-corrected chi connectivity index (χ1v) is 16.3. The summed E-state index contributed by atoms with van der Waals surface area (Å²) < 4.78 is 44.1. The number of hydrogen-bond acceptors (Lipinski definition) is 4. The van der Waals surface area contributed by atoms with E-state index in [1.54, 1.807) is 36.4 Å². The van der Waals surface area contributed by atoms with Crippen molar-refractivity contribution in [2.24, 2.45) is 0 Å². The summed E-state index contributed by atoms with van der Waals surface area (Å²) in [5.74, 6) is -1.90. The second-order valence-electron chi connectivity index (χ2n) is 11.9. The number of rotatable bonds is 11. The number of anilines is 1. The molecule has 0 heterocycles. The van der Waals surface area contributed by atoms with Crippen LogP contribution in [0.2, 0.25) is 5.02 Å². The first-order chi connectivity index (χ1) is 21.2. The van der Waals surface area contributed by atoms with Crippen molar-refractivity contribution in [3.05, 3.63) is 131 Å². The van der Waals surface area contributed by atoms with Gasteiger partial charge in [-0.3, -0.25) is 13.9 Å². The topological polar surface area (TPSA) is 86.8 Å². The van der Waals surface area contributed by atoms with Crippen LogP contribution in [0.4, 0.5) is 10.1 Å². The zero-order chi connectivity index (χ0) is 32.8. The van der Waals surface area contributed by atoms with Gasteiger partial charge in [-0.25, -0.2) is 12.8 Å². The van der Waals surface area contributed by atoms with Gasteiger partial charge in [0.2, 0.25) is 11.8 Å². The molecule has 0 aliphatic rings. The van der Waals surface area contributed by atoms with Crippen molar-refractivity contribution in [3.63, 3.8) is 0 Å². The number of sulfonamides is 1. The van der Waals surface area contributed by atoms with Gasteiger partial charge in [0.25, 0.3) is 10.0 Å². The summed E-state index contributed by atoms with van der Waals surface area (Å²) in [4.78, 5) is 29.6. The van der Waals surface area contributed by atoms with E-state index in [1.165, 1.54) is 35.2 Å². The Kier molecular flexibility index (Phi) is 10.7. The molecular weight excluding hydrogens is 613 g/mol. The van der Waals surface area contributed by atoms with Crippen molar-refractivity contribution < 1.29 is 22.4 Å². The van der Waals surface area contributed by atoms with Gasteiger partial charge in [-0.05, 0) is 75.2 Å². The SMILES string of the molecule is Cc1ccc(S(=O)(=O)N(CC(=O)N(Cc2ccc(Cl)cc2)[C@H](Cc2ccccc2)C(=O)NC(C)(C)C)c2ccccc2F)cc1. The zero-order valence-corrected chi connectivity index (χ0v) is 27.3. The molecule has 0 aliphatic heterocycles. The van der Waals surface area contributed by atoms with Crippen molar-refractivity contribution in [1.82, 2.24) is 10.2 Å². The summed E-state index contributed by atoms with van der Waals surface area (Å²) in [6.07, 6.45) is 0.159. The lowest BCUT2D eigenvalue weighted by Crippen LogP contribution is -2.56. The van der Waals surface area contributed by atoms with E-state index in [9.17, 15) is 18.0 Å². The third-order valence-corrected chi connectivity index (χ3v) is 9.07. The Labute approximate surface area is 269 Å². The second kappa shape index (κ2) is 14.3. The number of carbonyl (C=O) groups is 2. The highest BCUT2D eigenvalue weighted by Crippen LogP contribution is 2.27. The molecule has 0 saturated heterocycles. The largest absolute Gasteiger partial charge is 0.350 e. The van der Waals surface area contributed by atoms with Crippen molar-refractivity contribution >= 4 is 39.1 Å². The molecule has 0 unspecified atom stereocenters. The Hall–Kier alpha value is -4.21. The zero-order valence-electron chi connectivity index (χ0n) is 25.7. The summed E-state index contributed by atoms with van der Waals surface area (Å²) >= 11 is 6.12. The fourth-order valence-electron chi connectivity index (χ4n) is 4.80. The number of aryl methyl sites for hydroxylation is 1. The fourth-order valence-corrected chi connectivity index (χ4v) is 6.35. The van der Waals surface area contributed by atoms with Gasteiger partial charge < -0.3 is 10.2 Å². The van der Waals surface area contributed by atoms with Crippen LogP contribution in [-0.2, 0) is 32.6 Å². The van der Waals surface area contributed by atoms with Crippen molar-refractivity contribution in [3.8, 4) is 0 Å². The Morgan fingerprint density at radius 2 is 1.44 bits per heavy atom. The first-order valence-electron chi connectivity index (χ1n) is 14.5. The first kappa shape index (κ1) is 33.7. The lowest BCUT2D eigenvalue weighted by molar-refractivity contribution is -0.140. The molecule has 0 saturated carbocycles. The van der Waals surface area contributed by atoms with E-state index in [0.29, 0.717) is 10.6 Å². The van der Waals surface area contributed by atoms with E-state index in [0.717, 1.165) is 21.5 Å². The van der Waals surface area contributed by atoms with Crippen LogP contribution in [0.5, 0.6) is 0 Å². The van der Waals surface area contributed by atoms with Crippen LogP contribution in [-0.4, -0.2) is 43.3 Å². The van der Waals surface area contributed by atoms with Crippen molar-refractivity contribution in [2.75, 3.05) is 10.8 Å². The van der Waals surface area contributed by atoms with E-state index in [4.69, 9.17) is 11.6 Å². The van der Waals surface area contributed by atoms with Crippen LogP contribution in [0.1, 0.15) is 37.5 Å². The van der Waals surface area contributed by atoms with Gasteiger partial charge >= 0.3 is 0 Å². The molecule has 4 aromatic carbocycles. The Bertz CT molecular complexity index is 1730. The molecule has 2 amide bonds. The number of nitrogens with one attached hydrogen (secondary N) is 1. The number of halogens is 2. The molecule has 0 radical (unpaired) electrons. The molecule has 236 valence electrons. The third-order valence-electron chi connectivity index (χ3n) is 7.04. The lowest BCUT2D eigenvalue weighted by atomic mass is 10.0. The number of hydrogen-bond donors (Lipinski definition) is 1. The lowest BCUT2D eigenvalue weighted by Gasteiger charge is -2.35. The third kappa shape index (κ3) is 8.93. The van der Waals surface area contributed by atoms with Gasteiger partial charge in [0, 0.05) is 23.5 Å². The van der Waals surface area contributed by atoms with Gasteiger partial charge in [0.05, 0.1) is 10.6 Å². The molecule has 45 heavy (non-hydrogen) atoms. The van der Waals surface area contributed by atoms with E-state index >= 15 is 4.39 Å². The van der Waals surface area contributed by atoms with Gasteiger partial charge in [0.1, 0.15) is 18.4 Å². The fraction of sp³-hybridized carbons (Fsp3) is 0.257. The van der Waals surface area contributed by atoms with Crippen LogP contribution in [0.15, 0.2) is 108 Å². The maximum atomic E-state index is 15.2. The summed E-state index contributed by atoms with van der Waals surface area (Å²) in [5, 5.41) is 3.48. The molecule has 10 heteroatoms. The van der Waals surface area contributed by atoms with Crippen LogP contribution < -0.4 is 9.62 Å². The van der Waals surface area contributed by atoms with E-state index in [1.807, 2.05) is 58.0 Å². The van der Waals surface area contributed by atoms with Gasteiger partial charge in [-0.15, -0.1) is 0 Å². The minimum absolute atomic E-state index is 0.0270. The molecule has 0 bridgehead atoms. The standard InChI is InChI=1S/C35H37ClFN3O4S/c1-25-14-20-29(21-15-25)45(43,44)40(31-13-9-8-12-30(31)37)24-33(41)39(23-27-16-18-28(36)19-17-27)32(34(42)38-35(2,3)4)22-26-10-6-5-7-11-26/h5-21,32H,22-24H2,1-4H3,(H,38,42)/t32-/m1/s1. The summed E-state index contributed by atoms with van der Waals surface area (Å²) in [7, 11) is -4.41. The average molecular weight is 650 g/mol. The molecule has 1 atom stereocenters. The maximum absolute atomic E-state index is 15.2. The predicted octanol–water partition coefficient (Wildman–Crippen LogP) is 6.54. The second-order valence-corrected chi connectivity index (χ2v) is 14.2. The Morgan fingerprint density at radius 3 is 2.04 bits per heavy atom. The van der Waals surface area contributed by atoms with E-state index in [-0.39, 0.29) is 23.5 Å². The molecule has 0 aromatic heterocycles. The summed E-state index contributed by atoms with van der Waals surface area (Å²) in [5.41, 5.74) is 1.42. The quantitative estimate of drug-likeness (QED) is 0.200. The molecule has 0 aliphatic carbocycles. The maximum Gasteiger partial charge on any atom is 0.264 e. The smallest absolute Gasteiger partial charge is 0.264 e. The van der Waals surface area contributed by atoms with E-state index in [2.05, 4.69) is 5.32 Å². The molecule has 1 N–H and O–H groups in total. The van der Waals surface area contributed by atoms with Gasteiger partial charge in [0.15, 0.2) is 0 Å². The number of nitrogens with zero attached hydrogens (tertiary/aromatic N) is 2. The molecule has 4 aromatic rings. The van der Waals surface area contributed by atoms with Crippen LogP contribution in [0, 0.1) is 12.7 Å². The molecule has 0 spiro atoms. The van der Waals surface area contributed by atoms with E-state index < -0.39 is 45.8 Å².